The van der Waals surface area contributed by atoms with Crippen molar-refractivity contribution in [2.45, 2.75) is 39.5 Å². The number of nitrogens with zero attached hydrogens (tertiary/aromatic N) is 5. The SMILES string of the molecule is CCNC(=O)[C@@H]1CCCN(c2nc(OC)nc(N3CCC[C@@H](C(=O)NCC)C3)n2)C1. The van der Waals surface area contributed by atoms with Crippen molar-refractivity contribution < 1.29 is 14.3 Å². The molecular weight excluding hydrogens is 386 g/mol. The Balaban J connectivity index is 1.78. The molecule has 0 aromatic carbocycles. The second kappa shape index (κ2) is 10.4. The number of anilines is 2. The summed E-state index contributed by atoms with van der Waals surface area (Å²) in [6, 6.07) is 0.246. The van der Waals surface area contributed by atoms with Crippen LogP contribution in [0.25, 0.3) is 0 Å². The van der Waals surface area contributed by atoms with Crippen molar-refractivity contribution in [2.75, 3.05) is 56.2 Å². The lowest BCUT2D eigenvalue weighted by Gasteiger charge is -2.34. The minimum absolute atomic E-state index is 0.0734. The van der Waals surface area contributed by atoms with Gasteiger partial charge in [0.25, 0.3) is 0 Å². The van der Waals surface area contributed by atoms with Crippen LogP contribution in [-0.4, -0.2) is 73.1 Å². The number of carbonyl (C=O) groups is 2. The average Bonchev–Trinajstić information content (AvgIpc) is 2.79. The summed E-state index contributed by atoms with van der Waals surface area (Å²) in [6.07, 6.45) is 3.51. The molecule has 2 aliphatic heterocycles. The van der Waals surface area contributed by atoms with Crippen molar-refractivity contribution in [3.8, 4) is 6.01 Å². The van der Waals surface area contributed by atoms with E-state index in [2.05, 4.69) is 20.6 Å². The Morgan fingerprint density at radius 2 is 1.37 bits per heavy atom. The van der Waals surface area contributed by atoms with E-state index in [1.165, 1.54) is 7.11 Å². The topological polar surface area (TPSA) is 113 Å². The molecule has 1 aromatic heterocycles. The number of hydrogen-bond acceptors (Lipinski definition) is 8. The third-order valence-electron chi connectivity index (χ3n) is 5.63. The van der Waals surface area contributed by atoms with Gasteiger partial charge in [-0.25, -0.2) is 0 Å². The van der Waals surface area contributed by atoms with Crippen LogP contribution < -0.4 is 25.2 Å². The summed E-state index contributed by atoms with van der Waals surface area (Å²) in [7, 11) is 1.53. The van der Waals surface area contributed by atoms with Crippen molar-refractivity contribution in [1.29, 1.82) is 0 Å². The van der Waals surface area contributed by atoms with Crippen molar-refractivity contribution in [3.05, 3.63) is 0 Å². The number of amides is 2. The summed E-state index contributed by atoms with van der Waals surface area (Å²) in [6.45, 7) is 7.80. The largest absolute Gasteiger partial charge is 0.467 e. The Hall–Kier alpha value is -2.65. The number of piperidine rings is 2. The number of carbonyl (C=O) groups excluding carboxylic acids is 2. The van der Waals surface area contributed by atoms with Gasteiger partial charge >= 0.3 is 6.01 Å². The summed E-state index contributed by atoms with van der Waals surface area (Å²) in [4.78, 5) is 42.2. The summed E-state index contributed by atoms with van der Waals surface area (Å²) in [5.74, 6) is 1.02. The van der Waals surface area contributed by atoms with Crippen molar-refractivity contribution >= 4 is 23.7 Å². The first kappa shape index (κ1) is 22.0. The fourth-order valence-electron chi connectivity index (χ4n) is 4.09. The normalized spacial score (nSPS) is 21.8. The van der Waals surface area contributed by atoms with Crippen LogP contribution in [0, 0.1) is 11.8 Å². The van der Waals surface area contributed by atoms with Gasteiger partial charge in [-0.3, -0.25) is 9.59 Å². The van der Waals surface area contributed by atoms with Crippen LogP contribution in [0.2, 0.25) is 0 Å². The monoisotopic (exact) mass is 419 g/mol. The highest BCUT2D eigenvalue weighted by atomic mass is 16.5. The molecule has 0 unspecified atom stereocenters. The van der Waals surface area contributed by atoms with E-state index in [4.69, 9.17) is 9.72 Å². The highest BCUT2D eigenvalue weighted by Gasteiger charge is 2.30. The quantitative estimate of drug-likeness (QED) is 0.660. The molecule has 3 rings (SSSR count). The lowest BCUT2D eigenvalue weighted by Crippen LogP contribution is -2.45. The fraction of sp³-hybridized carbons (Fsp3) is 0.750. The molecular formula is C20H33N7O3. The van der Waals surface area contributed by atoms with Crippen LogP contribution in [0.3, 0.4) is 0 Å². The lowest BCUT2D eigenvalue weighted by atomic mass is 9.97. The minimum atomic E-state index is -0.0815. The zero-order chi connectivity index (χ0) is 21.5. The molecule has 0 saturated carbocycles. The van der Waals surface area contributed by atoms with Gasteiger partial charge in [0.15, 0.2) is 0 Å². The second-order valence-electron chi connectivity index (χ2n) is 7.78. The predicted octanol–water partition coefficient (Wildman–Crippen LogP) is 0.585. The maximum Gasteiger partial charge on any atom is 0.322 e. The molecule has 1 aromatic rings. The first-order valence-corrected chi connectivity index (χ1v) is 10.9. The number of methoxy groups -OCH3 is 1. The molecule has 2 amide bonds. The molecule has 2 N–H and O–H groups in total. The average molecular weight is 420 g/mol. The van der Waals surface area contributed by atoms with Crippen LogP contribution in [0.5, 0.6) is 6.01 Å². The van der Waals surface area contributed by atoms with Gasteiger partial charge in [-0.05, 0) is 39.5 Å². The summed E-state index contributed by atoms with van der Waals surface area (Å²) < 4.78 is 5.33. The van der Waals surface area contributed by atoms with Crippen molar-refractivity contribution in [2.24, 2.45) is 11.8 Å². The first-order valence-electron chi connectivity index (χ1n) is 10.9. The number of aromatic nitrogens is 3. The maximum absolute atomic E-state index is 12.3. The van der Waals surface area contributed by atoms with E-state index >= 15 is 0 Å². The zero-order valence-electron chi connectivity index (χ0n) is 18.2. The first-order chi connectivity index (χ1) is 14.5. The Morgan fingerprint density at radius 1 is 0.900 bits per heavy atom. The second-order valence-corrected chi connectivity index (χ2v) is 7.78. The Labute approximate surface area is 177 Å². The van der Waals surface area contributed by atoms with Gasteiger partial charge in [0, 0.05) is 39.3 Å². The van der Waals surface area contributed by atoms with Gasteiger partial charge in [-0.1, -0.05) is 0 Å². The van der Waals surface area contributed by atoms with Gasteiger partial charge in [0.1, 0.15) is 0 Å². The summed E-state index contributed by atoms with van der Waals surface area (Å²) >= 11 is 0. The van der Waals surface area contributed by atoms with Crippen molar-refractivity contribution in [3.63, 3.8) is 0 Å². The van der Waals surface area contributed by atoms with Gasteiger partial charge in [-0.2, -0.15) is 15.0 Å². The third kappa shape index (κ3) is 5.28. The number of ether oxygens (including phenoxy) is 1. The predicted molar refractivity (Wildman–Crippen MR) is 114 cm³/mol. The maximum atomic E-state index is 12.3. The summed E-state index contributed by atoms with van der Waals surface area (Å²) in [5, 5.41) is 5.82. The lowest BCUT2D eigenvalue weighted by molar-refractivity contribution is -0.125. The van der Waals surface area contributed by atoms with Crippen LogP contribution in [0.1, 0.15) is 39.5 Å². The van der Waals surface area contributed by atoms with E-state index in [0.717, 1.165) is 38.8 Å². The highest BCUT2D eigenvalue weighted by Crippen LogP contribution is 2.26. The molecule has 10 heteroatoms. The molecule has 166 valence electrons. The van der Waals surface area contributed by atoms with E-state index in [1.54, 1.807) is 0 Å². The molecule has 0 aliphatic carbocycles. The standard InChI is InChI=1S/C20H33N7O3/c1-4-21-16(28)14-8-6-10-26(12-14)18-23-19(25-20(24-18)30-3)27-11-7-9-15(13-27)17(29)22-5-2/h14-15H,4-13H2,1-3H3,(H,21,28)(H,22,29)/t14-,15-/m1/s1. The Morgan fingerprint density at radius 3 is 1.77 bits per heavy atom. The van der Waals surface area contributed by atoms with E-state index in [-0.39, 0.29) is 29.7 Å². The molecule has 2 saturated heterocycles. The van der Waals surface area contributed by atoms with E-state index in [1.807, 2.05) is 23.6 Å². The molecule has 2 aliphatic rings. The number of rotatable bonds is 7. The fourth-order valence-corrected chi connectivity index (χ4v) is 4.09. The third-order valence-corrected chi connectivity index (χ3v) is 5.63. The minimum Gasteiger partial charge on any atom is -0.467 e. The molecule has 0 radical (unpaired) electrons. The van der Waals surface area contributed by atoms with Crippen LogP contribution >= 0.6 is 0 Å². The Kier molecular flexibility index (Phi) is 7.64. The van der Waals surface area contributed by atoms with E-state index in [0.29, 0.717) is 38.1 Å². The van der Waals surface area contributed by atoms with E-state index in [9.17, 15) is 9.59 Å². The van der Waals surface area contributed by atoms with Gasteiger partial charge in [0.05, 0.1) is 18.9 Å². The molecule has 2 fully saturated rings. The highest BCUT2D eigenvalue weighted by molar-refractivity contribution is 5.80. The van der Waals surface area contributed by atoms with Gasteiger partial charge in [0.2, 0.25) is 23.7 Å². The van der Waals surface area contributed by atoms with E-state index < -0.39 is 0 Å². The molecule has 10 nitrogen and oxygen atoms in total. The molecule has 0 bridgehead atoms. The smallest absolute Gasteiger partial charge is 0.322 e. The van der Waals surface area contributed by atoms with Crippen LogP contribution in [0.4, 0.5) is 11.9 Å². The van der Waals surface area contributed by atoms with Gasteiger partial charge in [-0.15, -0.1) is 0 Å². The van der Waals surface area contributed by atoms with Crippen LogP contribution in [-0.2, 0) is 9.59 Å². The number of nitrogens with one attached hydrogen (secondary N) is 2. The summed E-state index contributed by atoms with van der Waals surface area (Å²) in [5.41, 5.74) is 0. The molecule has 3 heterocycles. The molecule has 0 spiro atoms. The van der Waals surface area contributed by atoms with Crippen molar-refractivity contribution in [1.82, 2.24) is 25.6 Å². The number of hydrogen-bond donors (Lipinski definition) is 2. The van der Waals surface area contributed by atoms with Gasteiger partial charge < -0.3 is 25.2 Å². The Bertz CT molecular complexity index is 689. The molecule has 2 atom stereocenters. The molecule has 30 heavy (non-hydrogen) atoms. The zero-order valence-corrected chi connectivity index (χ0v) is 18.2. The van der Waals surface area contributed by atoms with Crippen LogP contribution in [0.15, 0.2) is 0 Å².